The maximum atomic E-state index is 5.10. The van der Waals surface area contributed by atoms with Gasteiger partial charge >= 0.3 is 0 Å². The van der Waals surface area contributed by atoms with Crippen molar-refractivity contribution < 1.29 is 4.74 Å². The van der Waals surface area contributed by atoms with Crippen molar-refractivity contribution in [2.24, 2.45) is 4.40 Å². The lowest BCUT2D eigenvalue weighted by molar-refractivity contribution is 0.409. The normalized spacial score (nSPS) is 12.1. The summed E-state index contributed by atoms with van der Waals surface area (Å²) in [5, 5.41) is 0. The van der Waals surface area contributed by atoms with Gasteiger partial charge in [0.1, 0.15) is 4.60 Å². The summed E-state index contributed by atoms with van der Waals surface area (Å²) < 4.78 is 10.2. The van der Waals surface area contributed by atoms with Gasteiger partial charge in [-0.2, -0.15) is 0 Å². The number of nitrogens with zero attached hydrogens (tertiary/aromatic N) is 2. The van der Waals surface area contributed by atoms with E-state index in [-0.39, 0.29) is 4.75 Å². The Morgan fingerprint density at radius 2 is 2.12 bits per heavy atom. The van der Waals surface area contributed by atoms with Crippen LogP contribution in [0, 0.1) is 0 Å². The van der Waals surface area contributed by atoms with E-state index in [4.69, 9.17) is 4.74 Å². The van der Waals surface area contributed by atoms with E-state index < -0.39 is 0 Å². The monoisotopic (exact) mass is 302 g/mol. The molecule has 0 saturated heterocycles. The molecule has 0 saturated carbocycles. The highest BCUT2D eigenvalue weighted by Gasteiger charge is 2.09. The fourth-order valence-corrected chi connectivity index (χ4v) is 1.87. The molecule has 0 aliphatic heterocycles. The van der Waals surface area contributed by atoms with Gasteiger partial charge < -0.3 is 4.74 Å². The van der Waals surface area contributed by atoms with E-state index in [0.717, 1.165) is 11.4 Å². The molecule has 1 heterocycles. The molecule has 0 unspecified atom stereocenters. The summed E-state index contributed by atoms with van der Waals surface area (Å²) >= 11 is 4.86. The van der Waals surface area contributed by atoms with Crippen molar-refractivity contribution in [1.29, 1.82) is 0 Å². The Morgan fingerprint density at radius 3 is 2.62 bits per heavy atom. The number of ether oxygens (including phenoxy) is 1. The van der Waals surface area contributed by atoms with Gasteiger partial charge in [0.15, 0.2) is 5.75 Å². The van der Waals surface area contributed by atoms with Gasteiger partial charge in [0, 0.05) is 4.75 Å². The van der Waals surface area contributed by atoms with Crippen LogP contribution < -0.4 is 4.74 Å². The van der Waals surface area contributed by atoms with Crippen molar-refractivity contribution in [3.63, 3.8) is 0 Å². The zero-order chi connectivity index (χ0) is 12.2. The average Bonchev–Trinajstić information content (AvgIpc) is 2.16. The highest BCUT2D eigenvalue weighted by atomic mass is 79.9. The molecule has 1 aromatic heterocycles. The third-order valence-corrected chi connectivity index (χ3v) is 2.89. The van der Waals surface area contributed by atoms with Crippen molar-refractivity contribution in [1.82, 2.24) is 4.98 Å². The number of halogens is 1. The first-order valence-electron chi connectivity index (χ1n) is 4.84. The molecule has 1 aromatic rings. The predicted molar refractivity (Wildman–Crippen MR) is 73.4 cm³/mol. The van der Waals surface area contributed by atoms with Crippen molar-refractivity contribution in [3.05, 3.63) is 22.4 Å². The van der Waals surface area contributed by atoms with Crippen LogP contribution in [0.3, 0.4) is 0 Å². The molecule has 0 bridgehead atoms. The number of hydrogen-bond acceptors (Lipinski definition) is 4. The second kappa shape index (κ2) is 5.68. The molecule has 0 aromatic carbocycles. The Hall–Kier alpha value is -0.550. The lowest BCUT2D eigenvalue weighted by Crippen LogP contribution is -2.05. The van der Waals surface area contributed by atoms with Gasteiger partial charge in [0.25, 0.3) is 0 Å². The van der Waals surface area contributed by atoms with E-state index in [0.29, 0.717) is 4.60 Å². The first-order valence-corrected chi connectivity index (χ1v) is 6.41. The van der Waals surface area contributed by atoms with E-state index in [1.807, 2.05) is 12.1 Å². The number of hydrogen-bond donors (Lipinski definition) is 0. The van der Waals surface area contributed by atoms with Crippen LogP contribution in [0.2, 0.25) is 0 Å². The van der Waals surface area contributed by atoms with Crippen LogP contribution in [0.1, 0.15) is 26.5 Å². The summed E-state index contributed by atoms with van der Waals surface area (Å²) in [6.07, 6.45) is 1.75. The molecule has 0 amide bonds. The minimum Gasteiger partial charge on any atom is -0.494 e. The van der Waals surface area contributed by atoms with Crippen LogP contribution in [-0.2, 0) is 0 Å². The number of aromatic nitrogens is 1. The zero-order valence-electron chi connectivity index (χ0n) is 9.82. The van der Waals surface area contributed by atoms with Gasteiger partial charge in [-0.3, -0.25) is 0 Å². The number of pyridine rings is 1. The molecule has 0 atom stereocenters. The standard InChI is InChI=1S/C11H15BrN2OS/c1-11(2,3)16-13-7-8-5-6-9(15-4)10(12)14-8/h5-7H,1-4H3/b13-7+. The molecule has 0 aliphatic carbocycles. The summed E-state index contributed by atoms with van der Waals surface area (Å²) in [4.78, 5) is 4.29. The second-order valence-corrected chi connectivity index (χ2v) is 6.54. The Kier molecular flexibility index (Phi) is 4.80. The van der Waals surface area contributed by atoms with Crippen LogP contribution in [0.15, 0.2) is 21.1 Å². The second-order valence-electron chi connectivity index (χ2n) is 4.17. The average molecular weight is 303 g/mol. The lowest BCUT2D eigenvalue weighted by atomic mass is 10.3. The van der Waals surface area contributed by atoms with Crippen molar-refractivity contribution in [2.75, 3.05) is 7.11 Å². The quantitative estimate of drug-likeness (QED) is 0.485. The Labute approximate surface area is 109 Å². The van der Waals surface area contributed by atoms with Crippen LogP contribution in [0.5, 0.6) is 5.75 Å². The van der Waals surface area contributed by atoms with Crippen molar-refractivity contribution in [3.8, 4) is 5.75 Å². The first kappa shape index (κ1) is 13.5. The van der Waals surface area contributed by atoms with Crippen LogP contribution in [0.25, 0.3) is 0 Å². The van der Waals surface area contributed by atoms with Gasteiger partial charge in [-0.05, 0) is 60.8 Å². The largest absolute Gasteiger partial charge is 0.494 e. The predicted octanol–water partition coefficient (Wildman–Crippen LogP) is 3.72. The topological polar surface area (TPSA) is 34.5 Å². The van der Waals surface area contributed by atoms with E-state index in [9.17, 15) is 0 Å². The lowest BCUT2D eigenvalue weighted by Gasteiger charge is -2.12. The third kappa shape index (κ3) is 4.53. The maximum Gasteiger partial charge on any atom is 0.151 e. The van der Waals surface area contributed by atoms with E-state index in [1.54, 1.807) is 13.3 Å². The molecule has 0 N–H and O–H groups in total. The minimum atomic E-state index is 0.125. The summed E-state index contributed by atoms with van der Waals surface area (Å²) in [7, 11) is 1.62. The first-order chi connectivity index (χ1) is 7.42. The Balaban J connectivity index is 2.72. The molecular formula is C11H15BrN2OS. The molecule has 88 valence electrons. The number of methoxy groups -OCH3 is 1. The molecule has 0 radical (unpaired) electrons. The maximum absolute atomic E-state index is 5.10. The molecule has 16 heavy (non-hydrogen) atoms. The smallest absolute Gasteiger partial charge is 0.151 e. The number of rotatable bonds is 3. The zero-order valence-corrected chi connectivity index (χ0v) is 12.2. The van der Waals surface area contributed by atoms with Crippen LogP contribution in [-0.4, -0.2) is 23.1 Å². The van der Waals surface area contributed by atoms with Gasteiger partial charge in [-0.25, -0.2) is 9.38 Å². The summed E-state index contributed by atoms with van der Waals surface area (Å²) in [6, 6.07) is 3.73. The van der Waals surface area contributed by atoms with E-state index >= 15 is 0 Å². The SMILES string of the molecule is COc1ccc(/C=N/SC(C)(C)C)nc1Br. The summed E-state index contributed by atoms with van der Waals surface area (Å²) in [5.41, 5.74) is 0.810. The van der Waals surface area contributed by atoms with Crippen molar-refractivity contribution in [2.45, 2.75) is 25.5 Å². The minimum absolute atomic E-state index is 0.125. The molecule has 0 spiro atoms. The molecule has 1 rings (SSSR count). The van der Waals surface area contributed by atoms with Gasteiger partial charge in [0.2, 0.25) is 0 Å². The van der Waals surface area contributed by atoms with Crippen LogP contribution >= 0.6 is 27.9 Å². The fourth-order valence-electron chi connectivity index (χ4n) is 0.898. The van der Waals surface area contributed by atoms with E-state index in [2.05, 4.69) is 46.1 Å². The van der Waals surface area contributed by atoms with Gasteiger partial charge in [0.05, 0.1) is 19.0 Å². The molecule has 5 heteroatoms. The molecular weight excluding hydrogens is 288 g/mol. The molecule has 3 nitrogen and oxygen atoms in total. The van der Waals surface area contributed by atoms with Crippen LogP contribution in [0.4, 0.5) is 0 Å². The van der Waals surface area contributed by atoms with Crippen molar-refractivity contribution >= 4 is 34.1 Å². The fraction of sp³-hybridized carbons (Fsp3) is 0.455. The Bertz CT molecular complexity index is 388. The van der Waals surface area contributed by atoms with Gasteiger partial charge in [-0.1, -0.05) is 0 Å². The molecule has 0 fully saturated rings. The summed E-state index contributed by atoms with van der Waals surface area (Å²) in [5.74, 6) is 0.723. The Morgan fingerprint density at radius 1 is 1.44 bits per heavy atom. The third-order valence-electron chi connectivity index (χ3n) is 1.57. The van der Waals surface area contributed by atoms with Gasteiger partial charge in [-0.15, -0.1) is 0 Å². The molecule has 0 aliphatic rings. The summed E-state index contributed by atoms with van der Waals surface area (Å²) in [6.45, 7) is 6.35. The van der Waals surface area contributed by atoms with E-state index in [1.165, 1.54) is 11.9 Å². The highest BCUT2D eigenvalue weighted by molar-refractivity contribution is 9.10. The highest BCUT2D eigenvalue weighted by Crippen LogP contribution is 2.24.